The molecular formula is C24H25F6NO3. The number of ketones is 1. The maximum absolute atomic E-state index is 13.7. The smallest absolute Gasteiger partial charge is 0.418 e. The minimum Gasteiger partial charge on any atom is -0.469 e. The van der Waals surface area contributed by atoms with Gasteiger partial charge in [-0.1, -0.05) is 32.4 Å². The molecule has 0 saturated heterocycles. The average molecular weight is 489 g/mol. The number of benzene rings is 1. The monoisotopic (exact) mass is 489 g/mol. The van der Waals surface area contributed by atoms with Crippen LogP contribution in [0.2, 0.25) is 0 Å². The average Bonchev–Trinajstić information content (AvgIpc) is 2.79. The minimum absolute atomic E-state index is 0.0729. The molecule has 1 aromatic heterocycles. The molecule has 0 saturated carbocycles. The highest BCUT2D eigenvalue weighted by Gasteiger charge is 2.38. The Kier molecular flexibility index (Phi) is 8.85. The van der Waals surface area contributed by atoms with Gasteiger partial charge in [-0.25, -0.2) is 0 Å². The van der Waals surface area contributed by atoms with Gasteiger partial charge in [0.25, 0.3) is 0 Å². The summed E-state index contributed by atoms with van der Waals surface area (Å²) in [7, 11) is 1.18. The lowest BCUT2D eigenvalue weighted by Gasteiger charge is -2.23. The molecule has 1 heterocycles. The van der Waals surface area contributed by atoms with Crippen molar-refractivity contribution >= 4 is 11.8 Å². The SMILES string of the molecule is CC[C@H](C)C(CC(=O)C[C@@H](c1ccc(C(F)(F)F)cc1)c1ncccc1C(F)(F)F)C(=O)OC. The number of Topliss-reactive ketones (excluding diaryl/α,β-unsaturated/α-hetero) is 1. The van der Waals surface area contributed by atoms with Crippen molar-refractivity contribution in [2.75, 3.05) is 7.11 Å². The highest BCUT2D eigenvalue weighted by atomic mass is 19.4. The standard InChI is InChI=1S/C24H25F6NO3/c1-4-14(2)18(22(33)34-3)12-17(32)13-19(15-7-9-16(10-8-15)23(25,26)27)21-20(24(28,29)30)6-5-11-31-21/h5-11,14,18-19H,4,12-13H2,1-3H3/t14-,18?,19-/m0/s1. The number of aromatic nitrogens is 1. The van der Waals surface area contributed by atoms with Gasteiger partial charge in [-0.3, -0.25) is 14.6 Å². The lowest BCUT2D eigenvalue weighted by atomic mass is 9.82. The lowest BCUT2D eigenvalue weighted by Crippen LogP contribution is -2.27. The van der Waals surface area contributed by atoms with Crippen LogP contribution >= 0.6 is 0 Å². The number of esters is 1. The van der Waals surface area contributed by atoms with E-state index in [1.807, 2.05) is 6.92 Å². The summed E-state index contributed by atoms with van der Waals surface area (Å²) in [4.78, 5) is 28.9. The first-order valence-electron chi connectivity index (χ1n) is 10.6. The van der Waals surface area contributed by atoms with Crippen molar-refractivity contribution in [1.29, 1.82) is 0 Å². The Labute approximate surface area is 193 Å². The molecule has 0 aliphatic carbocycles. The Morgan fingerprint density at radius 3 is 2.09 bits per heavy atom. The zero-order chi connectivity index (χ0) is 25.7. The van der Waals surface area contributed by atoms with Gasteiger partial charge in [0.2, 0.25) is 0 Å². The van der Waals surface area contributed by atoms with Gasteiger partial charge in [-0.2, -0.15) is 26.3 Å². The molecule has 0 bridgehead atoms. The Hall–Kier alpha value is -2.91. The summed E-state index contributed by atoms with van der Waals surface area (Å²) in [6.45, 7) is 3.57. The summed E-state index contributed by atoms with van der Waals surface area (Å²) in [6, 6.07) is 5.48. The molecule has 0 spiro atoms. The predicted octanol–water partition coefficient (Wildman–Crippen LogP) is 6.44. The fourth-order valence-corrected chi connectivity index (χ4v) is 3.72. The highest BCUT2D eigenvalue weighted by Crippen LogP contribution is 2.39. The fourth-order valence-electron chi connectivity index (χ4n) is 3.72. The van der Waals surface area contributed by atoms with Crippen LogP contribution in [0.3, 0.4) is 0 Å². The number of rotatable bonds is 9. The molecule has 0 aliphatic rings. The largest absolute Gasteiger partial charge is 0.469 e. The second-order valence-corrected chi connectivity index (χ2v) is 8.07. The molecule has 0 N–H and O–H groups in total. The molecule has 10 heteroatoms. The first-order chi connectivity index (χ1) is 15.8. The molecule has 0 aliphatic heterocycles. The van der Waals surface area contributed by atoms with Gasteiger partial charge in [0, 0.05) is 25.0 Å². The Morgan fingerprint density at radius 2 is 1.59 bits per heavy atom. The van der Waals surface area contributed by atoms with Gasteiger partial charge in [0.15, 0.2) is 0 Å². The van der Waals surface area contributed by atoms with E-state index >= 15 is 0 Å². The van der Waals surface area contributed by atoms with Crippen molar-refractivity contribution in [2.45, 2.75) is 51.4 Å². The number of hydrogen-bond acceptors (Lipinski definition) is 4. The van der Waals surface area contributed by atoms with Crippen LogP contribution in [0.4, 0.5) is 26.3 Å². The van der Waals surface area contributed by atoms with Gasteiger partial charge >= 0.3 is 18.3 Å². The van der Waals surface area contributed by atoms with E-state index < -0.39 is 59.2 Å². The van der Waals surface area contributed by atoms with Crippen molar-refractivity contribution < 1.29 is 40.7 Å². The van der Waals surface area contributed by atoms with Gasteiger partial charge in [0.1, 0.15) is 5.78 Å². The van der Waals surface area contributed by atoms with Crippen LogP contribution < -0.4 is 0 Å². The van der Waals surface area contributed by atoms with E-state index in [1.54, 1.807) is 6.92 Å². The molecule has 3 atom stereocenters. The maximum Gasteiger partial charge on any atom is 0.418 e. The van der Waals surface area contributed by atoms with Gasteiger partial charge in [0.05, 0.1) is 29.8 Å². The van der Waals surface area contributed by atoms with E-state index in [2.05, 4.69) is 4.98 Å². The number of hydrogen-bond donors (Lipinski definition) is 0. The van der Waals surface area contributed by atoms with E-state index in [9.17, 15) is 35.9 Å². The summed E-state index contributed by atoms with van der Waals surface area (Å²) in [5.41, 5.74) is -2.45. The fraction of sp³-hybridized carbons (Fsp3) is 0.458. The van der Waals surface area contributed by atoms with Crippen LogP contribution in [0, 0.1) is 11.8 Å². The Bertz CT molecular complexity index is 985. The number of methoxy groups -OCH3 is 1. The number of nitrogens with zero attached hydrogens (tertiary/aromatic N) is 1. The molecule has 0 amide bonds. The molecule has 2 rings (SSSR count). The van der Waals surface area contributed by atoms with E-state index in [0.717, 1.165) is 42.6 Å². The number of alkyl halides is 6. The number of carbonyl (C=O) groups excluding carboxylic acids is 2. The van der Waals surface area contributed by atoms with Crippen molar-refractivity contribution in [3.63, 3.8) is 0 Å². The minimum atomic E-state index is -4.79. The molecule has 0 fully saturated rings. The van der Waals surface area contributed by atoms with Crippen LogP contribution in [0.5, 0.6) is 0 Å². The number of halogens is 6. The second kappa shape index (κ2) is 11.0. The summed E-state index contributed by atoms with van der Waals surface area (Å²) < 4.78 is 84.7. The number of pyridine rings is 1. The first kappa shape index (κ1) is 27.3. The summed E-state index contributed by atoms with van der Waals surface area (Å²) in [5, 5.41) is 0. The third kappa shape index (κ3) is 6.80. The second-order valence-electron chi connectivity index (χ2n) is 8.07. The van der Waals surface area contributed by atoms with Gasteiger partial charge < -0.3 is 4.74 Å². The third-order valence-corrected chi connectivity index (χ3v) is 5.83. The molecule has 2 aromatic rings. The highest BCUT2D eigenvalue weighted by molar-refractivity contribution is 5.85. The summed E-state index contributed by atoms with van der Waals surface area (Å²) >= 11 is 0. The number of ether oxygens (including phenoxy) is 1. The molecule has 186 valence electrons. The molecule has 1 aromatic carbocycles. The lowest BCUT2D eigenvalue weighted by molar-refractivity contribution is -0.149. The van der Waals surface area contributed by atoms with Crippen molar-refractivity contribution in [1.82, 2.24) is 4.98 Å². The van der Waals surface area contributed by atoms with Crippen LogP contribution in [-0.2, 0) is 26.7 Å². The van der Waals surface area contributed by atoms with E-state index in [0.29, 0.717) is 6.42 Å². The van der Waals surface area contributed by atoms with E-state index in [4.69, 9.17) is 4.74 Å². The van der Waals surface area contributed by atoms with Crippen LogP contribution in [0.25, 0.3) is 0 Å². The van der Waals surface area contributed by atoms with Crippen molar-refractivity contribution in [3.8, 4) is 0 Å². The summed E-state index contributed by atoms with van der Waals surface area (Å²) in [6.07, 6.45) is -8.48. The molecular weight excluding hydrogens is 464 g/mol. The van der Waals surface area contributed by atoms with Crippen LogP contribution in [-0.4, -0.2) is 23.8 Å². The molecule has 34 heavy (non-hydrogen) atoms. The Morgan fingerprint density at radius 1 is 0.971 bits per heavy atom. The zero-order valence-electron chi connectivity index (χ0n) is 18.8. The predicted molar refractivity (Wildman–Crippen MR) is 112 cm³/mol. The Balaban J connectivity index is 2.49. The number of carbonyl (C=O) groups is 2. The summed E-state index contributed by atoms with van der Waals surface area (Å²) in [5.74, 6) is -3.41. The van der Waals surface area contributed by atoms with Crippen LogP contribution in [0.1, 0.15) is 61.4 Å². The maximum atomic E-state index is 13.7. The van der Waals surface area contributed by atoms with Gasteiger partial charge in [-0.15, -0.1) is 0 Å². The normalized spacial score (nSPS) is 14.9. The molecule has 1 unspecified atom stereocenters. The van der Waals surface area contributed by atoms with Crippen molar-refractivity contribution in [2.24, 2.45) is 11.8 Å². The van der Waals surface area contributed by atoms with E-state index in [1.165, 1.54) is 7.11 Å². The van der Waals surface area contributed by atoms with Crippen molar-refractivity contribution in [3.05, 3.63) is 65.0 Å². The van der Waals surface area contributed by atoms with Gasteiger partial charge in [-0.05, 0) is 35.7 Å². The quantitative estimate of drug-likeness (QED) is 0.301. The molecule has 4 nitrogen and oxygen atoms in total. The third-order valence-electron chi connectivity index (χ3n) is 5.83. The zero-order valence-corrected chi connectivity index (χ0v) is 18.8. The first-order valence-corrected chi connectivity index (χ1v) is 10.6. The molecule has 0 radical (unpaired) electrons. The van der Waals surface area contributed by atoms with E-state index in [-0.39, 0.29) is 17.9 Å². The topological polar surface area (TPSA) is 56.3 Å². The van der Waals surface area contributed by atoms with Crippen LogP contribution in [0.15, 0.2) is 42.6 Å².